The predicted molar refractivity (Wildman–Crippen MR) is 52.6 cm³/mol. The van der Waals surface area contributed by atoms with Crippen molar-refractivity contribution in [1.29, 1.82) is 0 Å². The summed E-state index contributed by atoms with van der Waals surface area (Å²) < 4.78 is 42.8. The zero-order valence-corrected chi connectivity index (χ0v) is 9.51. The summed E-state index contributed by atoms with van der Waals surface area (Å²) >= 11 is 0. The molecule has 0 aromatic rings. The minimum Gasteiger partial charge on any atom is -0.383 e. The van der Waals surface area contributed by atoms with Crippen LogP contribution in [0.15, 0.2) is 0 Å². The van der Waals surface area contributed by atoms with Crippen molar-refractivity contribution in [3.05, 3.63) is 0 Å². The first-order valence-corrected chi connectivity index (χ1v) is 4.75. The second kappa shape index (κ2) is 5.67. The monoisotopic (exact) mass is 228 g/mol. The second-order valence-electron chi connectivity index (χ2n) is 3.82. The van der Waals surface area contributed by atoms with E-state index in [1.807, 2.05) is 0 Å². The molecule has 0 saturated heterocycles. The lowest BCUT2D eigenvalue weighted by molar-refractivity contribution is -0.191. The summed E-state index contributed by atoms with van der Waals surface area (Å²) in [5.41, 5.74) is 5.36. The molecule has 0 rings (SSSR count). The molecule has 0 aromatic carbocycles. The average Bonchev–Trinajstić information content (AvgIpc) is 2.00. The van der Waals surface area contributed by atoms with E-state index in [2.05, 4.69) is 0 Å². The molecule has 0 saturated carbocycles. The first-order valence-electron chi connectivity index (χ1n) is 4.75. The summed E-state index contributed by atoms with van der Waals surface area (Å²) in [5, 5.41) is 0. The maximum Gasteiger partial charge on any atom is 0.405 e. The van der Waals surface area contributed by atoms with Gasteiger partial charge < -0.3 is 10.5 Å². The van der Waals surface area contributed by atoms with Crippen LogP contribution in [0.2, 0.25) is 0 Å². The number of methoxy groups -OCH3 is 1. The quantitative estimate of drug-likeness (QED) is 0.769. The van der Waals surface area contributed by atoms with Crippen molar-refractivity contribution in [1.82, 2.24) is 4.90 Å². The van der Waals surface area contributed by atoms with Gasteiger partial charge in [0.2, 0.25) is 0 Å². The van der Waals surface area contributed by atoms with Gasteiger partial charge in [0.25, 0.3) is 0 Å². The number of hydrogen-bond donors (Lipinski definition) is 1. The number of hydrogen-bond acceptors (Lipinski definition) is 3. The summed E-state index contributed by atoms with van der Waals surface area (Å²) in [5.74, 6) is 0. The summed E-state index contributed by atoms with van der Waals surface area (Å²) in [4.78, 5) is 1.20. The van der Waals surface area contributed by atoms with E-state index in [4.69, 9.17) is 10.5 Å². The second-order valence-corrected chi connectivity index (χ2v) is 3.82. The normalized spacial score (nSPS) is 19.0. The lowest BCUT2D eigenvalue weighted by Crippen LogP contribution is -2.56. The van der Waals surface area contributed by atoms with Crippen LogP contribution >= 0.6 is 0 Å². The predicted octanol–water partition coefficient (Wildman–Crippen LogP) is 1.23. The van der Waals surface area contributed by atoms with E-state index in [0.717, 1.165) is 0 Å². The van der Waals surface area contributed by atoms with Crippen molar-refractivity contribution < 1.29 is 17.9 Å². The molecule has 92 valence electrons. The van der Waals surface area contributed by atoms with Crippen LogP contribution < -0.4 is 5.73 Å². The number of nitrogens with two attached hydrogens (primary N) is 1. The van der Waals surface area contributed by atoms with Gasteiger partial charge in [-0.3, -0.25) is 4.90 Å². The third kappa shape index (κ3) is 4.36. The first-order chi connectivity index (χ1) is 6.71. The molecule has 3 atom stereocenters. The number of ether oxygens (including phenoxy) is 1. The topological polar surface area (TPSA) is 38.5 Å². The Bertz CT molecular complexity index is 185. The van der Waals surface area contributed by atoms with Crippen LogP contribution in [-0.2, 0) is 4.74 Å². The Hall–Kier alpha value is -0.330. The number of alkyl halides is 3. The minimum atomic E-state index is -4.31. The maximum atomic E-state index is 12.7. The Morgan fingerprint density at radius 2 is 1.80 bits per heavy atom. The van der Waals surface area contributed by atoms with Crippen LogP contribution in [0.25, 0.3) is 0 Å². The molecule has 0 aromatic heterocycles. The molecule has 0 fully saturated rings. The van der Waals surface area contributed by atoms with E-state index in [9.17, 15) is 13.2 Å². The molecule has 2 N–H and O–H groups in total. The van der Waals surface area contributed by atoms with Crippen molar-refractivity contribution in [3.63, 3.8) is 0 Å². The van der Waals surface area contributed by atoms with Crippen LogP contribution in [0.1, 0.15) is 13.8 Å². The molecular weight excluding hydrogens is 209 g/mol. The highest BCUT2D eigenvalue weighted by atomic mass is 19.4. The van der Waals surface area contributed by atoms with E-state index in [-0.39, 0.29) is 12.6 Å². The Labute approximate surface area is 88.4 Å². The third-order valence-electron chi connectivity index (χ3n) is 2.38. The highest BCUT2D eigenvalue weighted by molar-refractivity contribution is 4.86. The Morgan fingerprint density at radius 1 is 1.33 bits per heavy atom. The zero-order chi connectivity index (χ0) is 12.2. The molecule has 0 bridgehead atoms. The van der Waals surface area contributed by atoms with Gasteiger partial charge in [0.1, 0.15) is 6.04 Å². The molecule has 6 heteroatoms. The molecule has 15 heavy (non-hydrogen) atoms. The van der Waals surface area contributed by atoms with Crippen LogP contribution in [0.3, 0.4) is 0 Å². The SMILES string of the molecule is COCC(C)N(C)C(C(C)N)C(F)(F)F. The fraction of sp³-hybridized carbons (Fsp3) is 1.00. The van der Waals surface area contributed by atoms with E-state index in [1.165, 1.54) is 26.0 Å². The van der Waals surface area contributed by atoms with Crippen molar-refractivity contribution >= 4 is 0 Å². The summed E-state index contributed by atoms with van der Waals surface area (Å²) in [6.07, 6.45) is -4.31. The van der Waals surface area contributed by atoms with Crippen LogP contribution in [0, 0.1) is 0 Å². The first kappa shape index (κ1) is 14.7. The van der Waals surface area contributed by atoms with Gasteiger partial charge >= 0.3 is 6.18 Å². The highest BCUT2D eigenvalue weighted by Gasteiger charge is 2.45. The van der Waals surface area contributed by atoms with Gasteiger partial charge in [0, 0.05) is 19.2 Å². The van der Waals surface area contributed by atoms with Crippen LogP contribution in [0.4, 0.5) is 13.2 Å². The van der Waals surface area contributed by atoms with Gasteiger partial charge in [-0.25, -0.2) is 0 Å². The van der Waals surface area contributed by atoms with Gasteiger partial charge in [-0.2, -0.15) is 13.2 Å². The molecule has 0 spiro atoms. The molecule has 3 unspecified atom stereocenters. The molecule has 0 aliphatic rings. The fourth-order valence-electron chi connectivity index (χ4n) is 1.53. The van der Waals surface area contributed by atoms with Crippen molar-refractivity contribution in [3.8, 4) is 0 Å². The highest BCUT2D eigenvalue weighted by Crippen LogP contribution is 2.27. The third-order valence-corrected chi connectivity index (χ3v) is 2.38. The fourth-order valence-corrected chi connectivity index (χ4v) is 1.53. The van der Waals surface area contributed by atoms with E-state index < -0.39 is 18.3 Å². The smallest absolute Gasteiger partial charge is 0.383 e. The van der Waals surface area contributed by atoms with E-state index in [0.29, 0.717) is 0 Å². The van der Waals surface area contributed by atoms with Crippen molar-refractivity contribution in [2.45, 2.75) is 38.1 Å². The van der Waals surface area contributed by atoms with Gasteiger partial charge in [-0.15, -0.1) is 0 Å². The van der Waals surface area contributed by atoms with Crippen LogP contribution in [0.5, 0.6) is 0 Å². The van der Waals surface area contributed by atoms with Gasteiger partial charge in [-0.1, -0.05) is 0 Å². The van der Waals surface area contributed by atoms with Gasteiger partial charge in [0.05, 0.1) is 6.61 Å². The van der Waals surface area contributed by atoms with Crippen LogP contribution in [-0.4, -0.2) is 50.0 Å². The summed E-state index contributed by atoms with van der Waals surface area (Å²) in [6.45, 7) is 3.27. The summed E-state index contributed by atoms with van der Waals surface area (Å²) in [6, 6.07) is -2.93. The average molecular weight is 228 g/mol. The maximum absolute atomic E-state index is 12.7. The zero-order valence-electron chi connectivity index (χ0n) is 9.51. The van der Waals surface area contributed by atoms with Gasteiger partial charge in [0.15, 0.2) is 0 Å². The molecule has 0 amide bonds. The Balaban J connectivity index is 4.63. The largest absolute Gasteiger partial charge is 0.405 e. The summed E-state index contributed by atoms with van der Waals surface area (Å²) in [7, 11) is 2.87. The lowest BCUT2D eigenvalue weighted by Gasteiger charge is -2.36. The Kier molecular flexibility index (Phi) is 5.55. The molecular formula is C9H19F3N2O. The molecule has 0 aliphatic carbocycles. The molecule has 0 aliphatic heterocycles. The molecule has 0 heterocycles. The number of rotatable bonds is 5. The lowest BCUT2D eigenvalue weighted by atomic mass is 10.1. The van der Waals surface area contributed by atoms with E-state index >= 15 is 0 Å². The molecule has 3 nitrogen and oxygen atoms in total. The number of halogens is 3. The van der Waals surface area contributed by atoms with Gasteiger partial charge in [-0.05, 0) is 20.9 Å². The van der Waals surface area contributed by atoms with E-state index in [1.54, 1.807) is 6.92 Å². The molecule has 0 radical (unpaired) electrons. The van der Waals surface area contributed by atoms with Crippen molar-refractivity contribution in [2.75, 3.05) is 20.8 Å². The Morgan fingerprint density at radius 3 is 2.07 bits per heavy atom. The standard InChI is InChI=1S/C9H19F3N2O/c1-6(5-15-4)14(3)8(7(2)13)9(10,11)12/h6-8H,5,13H2,1-4H3. The number of likely N-dealkylation sites (N-methyl/N-ethyl adjacent to an activating group) is 1. The number of nitrogens with zero attached hydrogens (tertiary/aromatic N) is 1. The van der Waals surface area contributed by atoms with Crippen molar-refractivity contribution in [2.24, 2.45) is 5.73 Å². The minimum absolute atomic E-state index is 0.246.